The maximum atomic E-state index is 15.4. The second-order valence-corrected chi connectivity index (χ2v) is 9.22. The predicted octanol–water partition coefficient (Wildman–Crippen LogP) is 4.72. The number of alkyl halides is 1. The number of piperidine rings is 1. The summed E-state index contributed by atoms with van der Waals surface area (Å²) in [6, 6.07) is 7.17. The highest BCUT2D eigenvalue weighted by Crippen LogP contribution is 2.35. The molecule has 3 heterocycles. The third-order valence-corrected chi connectivity index (χ3v) is 7.12. The maximum Gasteiger partial charge on any atom is 0.308 e. The fraction of sp³-hybridized carbons (Fsp3) is 0.500. The lowest BCUT2D eigenvalue weighted by atomic mass is 9.81. The fourth-order valence-corrected chi connectivity index (χ4v) is 5.09. The van der Waals surface area contributed by atoms with Gasteiger partial charge in [0.25, 0.3) is 0 Å². The van der Waals surface area contributed by atoms with Crippen molar-refractivity contribution >= 4 is 16.9 Å². The Balaban J connectivity index is 1.34. The summed E-state index contributed by atoms with van der Waals surface area (Å²) in [7, 11) is 1.58. The average Bonchev–Trinajstić information content (AvgIpc) is 3.26. The van der Waals surface area contributed by atoms with E-state index in [-0.39, 0.29) is 5.92 Å². The number of rotatable bonds is 10. The second-order valence-electron chi connectivity index (χ2n) is 9.22. The average molecular weight is 469 g/mol. The zero-order chi connectivity index (χ0) is 24.1. The molecule has 1 aliphatic rings. The molecule has 1 aromatic carbocycles. The Labute approximate surface area is 199 Å². The summed E-state index contributed by atoms with van der Waals surface area (Å²) in [6.45, 7) is 4.22. The van der Waals surface area contributed by atoms with Crippen molar-refractivity contribution in [3.8, 4) is 5.75 Å². The first kappa shape index (κ1) is 24.1. The molecule has 0 amide bonds. The fourth-order valence-electron chi connectivity index (χ4n) is 5.09. The number of carbonyl (C=O) groups is 1. The molecule has 0 saturated carbocycles. The van der Waals surface area contributed by atoms with Crippen molar-refractivity contribution in [3.63, 3.8) is 0 Å². The standard InChI is InChI=1S/C26H33FN4O3/c1-17-19(15-29-30-17)4-3-12-31-13-10-18(23(16-31)26(32)33)5-7-24(27)21-9-11-28-25-8-6-20(34-2)14-22(21)25/h6,8-9,11,14-15,18,23-24H,3-5,7,10,12-13,16H2,1-2H3,(H,29,30)(H,32,33)/t18-,23+,24?/m1/s1. The number of aromatic amines is 1. The lowest BCUT2D eigenvalue weighted by Crippen LogP contribution is -2.44. The lowest BCUT2D eigenvalue weighted by Gasteiger charge is -2.36. The first-order valence-electron chi connectivity index (χ1n) is 12.0. The molecule has 8 heteroatoms. The lowest BCUT2D eigenvalue weighted by molar-refractivity contribution is -0.146. The highest BCUT2D eigenvalue weighted by atomic mass is 19.1. The third-order valence-electron chi connectivity index (χ3n) is 7.12. The summed E-state index contributed by atoms with van der Waals surface area (Å²) >= 11 is 0. The zero-order valence-corrected chi connectivity index (χ0v) is 19.8. The summed E-state index contributed by atoms with van der Waals surface area (Å²) < 4.78 is 20.7. The number of methoxy groups -OCH3 is 1. The maximum absolute atomic E-state index is 15.4. The summed E-state index contributed by atoms with van der Waals surface area (Å²) in [4.78, 5) is 18.6. The molecule has 0 radical (unpaired) electrons. The van der Waals surface area contributed by atoms with E-state index < -0.39 is 18.1 Å². The van der Waals surface area contributed by atoms with Crippen LogP contribution in [-0.2, 0) is 11.2 Å². The van der Waals surface area contributed by atoms with Crippen LogP contribution in [0.1, 0.15) is 48.7 Å². The van der Waals surface area contributed by atoms with Gasteiger partial charge in [-0.3, -0.25) is 14.9 Å². The molecule has 1 unspecified atom stereocenters. The number of ether oxygens (including phenoxy) is 1. The number of halogens is 1. The molecule has 2 N–H and O–H groups in total. The van der Waals surface area contributed by atoms with Crippen molar-refractivity contribution in [1.82, 2.24) is 20.1 Å². The van der Waals surface area contributed by atoms with Crippen LogP contribution in [0, 0.1) is 18.8 Å². The van der Waals surface area contributed by atoms with E-state index in [9.17, 15) is 9.90 Å². The number of likely N-dealkylation sites (tertiary alicyclic amines) is 1. The molecule has 3 aromatic rings. The van der Waals surface area contributed by atoms with Gasteiger partial charge < -0.3 is 14.7 Å². The molecule has 1 fully saturated rings. The van der Waals surface area contributed by atoms with E-state index in [1.54, 1.807) is 19.4 Å². The van der Waals surface area contributed by atoms with Crippen LogP contribution in [0.25, 0.3) is 10.9 Å². The van der Waals surface area contributed by atoms with Gasteiger partial charge in [-0.25, -0.2) is 4.39 Å². The van der Waals surface area contributed by atoms with Crippen molar-refractivity contribution in [2.24, 2.45) is 11.8 Å². The van der Waals surface area contributed by atoms with E-state index in [1.165, 1.54) is 5.56 Å². The Hall–Kier alpha value is -3.00. The number of fused-ring (bicyclic) bond motifs is 1. The summed E-state index contributed by atoms with van der Waals surface area (Å²) in [5, 5.41) is 17.6. The van der Waals surface area contributed by atoms with Gasteiger partial charge in [0.2, 0.25) is 0 Å². The molecule has 3 atom stereocenters. The van der Waals surface area contributed by atoms with E-state index in [0.29, 0.717) is 30.7 Å². The minimum Gasteiger partial charge on any atom is -0.497 e. The van der Waals surface area contributed by atoms with E-state index in [4.69, 9.17) is 4.74 Å². The molecule has 1 aliphatic heterocycles. The van der Waals surface area contributed by atoms with Crippen molar-refractivity contribution < 1.29 is 19.0 Å². The van der Waals surface area contributed by atoms with Gasteiger partial charge in [0.05, 0.1) is 24.2 Å². The van der Waals surface area contributed by atoms with Gasteiger partial charge >= 0.3 is 5.97 Å². The van der Waals surface area contributed by atoms with Crippen LogP contribution in [0.4, 0.5) is 4.39 Å². The molecule has 182 valence electrons. The quantitative estimate of drug-likeness (QED) is 0.447. The van der Waals surface area contributed by atoms with Crippen molar-refractivity contribution in [1.29, 1.82) is 0 Å². The normalized spacial score (nSPS) is 19.9. The number of carboxylic acid groups (broad SMARTS) is 1. The molecule has 0 aliphatic carbocycles. The summed E-state index contributed by atoms with van der Waals surface area (Å²) in [6.07, 6.45) is 5.88. The molecule has 34 heavy (non-hydrogen) atoms. The van der Waals surface area contributed by atoms with Crippen LogP contribution < -0.4 is 4.74 Å². The molecule has 2 aromatic heterocycles. The highest BCUT2D eigenvalue weighted by Gasteiger charge is 2.34. The van der Waals surface area contributed by atoms with E-state index >= 15 is 4.39 Å². The number of benzene rings is 1. The number of aliphatic carboxylic acids is 1. The number of aromatic nitrogens is 3. The van der Waals surface area contributed by atoms with Crippen LogP contribution in [0.15, 0.2) is 36.7 Å². The Morgan fingerprint density at radius 1 is 1.38 bits per heavy atom. The number of H-pyrrole nitrogens is 1. The topological polar surface area (TPSA) is 91.3 Å². The predicted molar refractivity (Wildman–Crippen MR) is 129 cm³/mol. The van der Waals surface area contributed by atoms with Crippen molar-refractivity contribution in [2.75, 3.05) is 26.7 Å². The molecular weight excluding hydrogens is 435 g/mol. The highest BCUT2D eigenvalue weighted by molar-refractivity contribution is 5.83. The van der Waals surface area contributed by atoms with Crippen LogP contribution in [0.5, 0.6) is 5.75 Å². The third kappa shape index (κ3) is 5.55. The number of hydrogen-bond acceptors (Lipinski definition) is 5. The van der Waals surface area contributed by atoms with Gasteiger partial charge in [0.1, 0.15) is 11.9 Å². The first-order chi connectivity index (χ1) is 16.5. The number of nitrogens with one attached hydrogen (secondary N) is 1. The van der Waals surface area contributed by atoms with Crippen LogP contribution in [0.3, 0.4) is 0 Å². The number of hydrogen-bond donors (Lipinski definition) is 2. The van der Waals surface area contributed by atoms with Gasteiger partial charge in [-0.05, 0) is 93.4 Å². The molecule has 0 spiro atoms. The largest absolute Gasteiger partial charge is 0.497 e. The van der Waals surface area contributed by atoms with Crippen LogP contribution in [0.2, 0.25) is 0 Å². The molecule has 7 nitrogen and oxygen atoms in total. The molecule has 1 saturated heterocycles. The number of pyridine rings is 1. The Morgan fingerprint density at radius 2 is 2.24 bits per heavy atom. The SMILES string of the molecule is COc1ccc2nccc(C(F)CC[C@@H]3CCN(CCCc4c[nH]nc4C)C[C@@H]3C(=O)O)c2c1. The summed E-state index contributed by atoms with van der Waals surface area (Å²) in [5.41, 5.74) is 3.54. The van der Waals surface area contributed by atoms with Gasteiger partial charge in [-0.2, -0.15) is 5.10 Å². The molecular formula is C26H33FN4O3. The number of aryl methyl sites for hydroxylation is 2. The van der Waals surface area contributed by atoms with Crippen LogP contribution in [-0.4, -0.2) is 57.9 Å². The smallest absolute Gasteiger partial charge is 0.308 e. The Kier molecular flexibility index (Phi) is 7.77. The van der Waals surface area contributed by atoms with Gasteiger partial charge in [0, 0.05) is 24.3 Å². The minimum absolute atomic E-state index is 0.0224. The zero-order valence-electron chi connectivity index (χ0n) is 19.8. The molecule has 0 bridgehead atoms. The van der Waals surface area contributed by atoms with E-state index in [0.717, 1.165) is 48.9 Å². The van der Waals surface area contributed by atoms with Crippen molar-refractivity contribution in [3.05, 3.63) is 53.5 Å². The minimum atomic E-state index is -1.18. The Bertz CT molecular complexity index is 1120. The van der Waals surface area contributed by atoms with Gasteiger partial charge in [-0.15, -0.1) is 0 Å². The number of carboxylic acids is 1. The summed E-state index contributed by atoms with van der Waals surface area (Å²) in [5.74, 6) is -0.610. The van der Waals surface area contributed by atoms with E-state index in [2.05, 4.69) is 20.1 Å². The molecule has 4 rings (SSSR count). The second kappa shape index (κ2) is 11.0. The Morgan fingerprint density at radius 3 is 2.97 bits per heavy atom. The first-order valence-corrected chi connectivity index (χ1v) is 12.0. The van der Waals surface area contributed by atoms with Crippen molar-refractivity contribution in [2.45, 2.75) is 45.2 Å². The van der Waals surface area contributed by atoms with Gasteiger partial charge in [-0.1, -0.05) is 0 Å². The van der Waals surface area contributed by atoms with Gasteiger partial charge in [0.15, 0.2) is 0 Å². The van der Waals surface area contributed by atoms with Crippen LogP contribution >= 0.6 is 0 Å². The monoisotopic (exact) mass is 468 g/mol. The van der Waals surface area contributed by atoms with E-state index in [1.807, 2.05) is 31.3 Å². The number of nitrogens with zero attached hydrogens (tertiary/aromatic N) is 3.